The van der Waals surface area contributed by atoms with Gasteiger partial charge >= 0.3 is 0 Å². The summed E-state index contributed by atoms with van der Waals surface area (Å²) in [6, 6.07) is 10.3. The lowest BCUT2D eigenvalue weighted by molar-refractivity contribution is -0.133. The van der Waals surface area contributed by atoms with Crippen LogP contribution in [0.5, 0.6) is 0 Å². The van der Waals surface area contributed by atoms with Crippen LogP contribution in [0.1, 0.15) is 48.9 Å². The van der Waals surface area contributed by atoms with Crippen molar-refractivity contribution in [2.24, 2.45) is 5.92 Å². The van der Waals surface area contributed by atoms with Crippen LogP contribution in [-0.2, 0) is 17.6 Å². The standard InChI is InChI=1S/C22H30N4O2/c1-25-12-9-18(10-13-25)15-20-23-22(28-24-20)19-7-8-21(27)26(16-19)14-11-17-5-3-2-4-6-17/h2-6,18-19H,7-16H2,1H3/t19-/m0/s1. The van der Waals surface area contributed by atoms with E-state index >= 15 is 0 Å². The quantitative estimate of drug-likeness (QED) is 0.769. The van der Waals surface area contributed by atoms with Crippen LogP contribution in [0, 0.1) is 5.92 Å². The molecule has 6 heteroatoms. The molecule has 28 heavy (non-hydrogen) atoms. The van der Waals surface area contributed by atoms with Crippen molar-refractivity contribution in [1.29, 1.82) is 0 Å². The summed E-state index contributed by atoms with van der Waals surface area (Å²) in [5.74, 6) is 2.58. The fourth-order valence-electron chi connectivity index (χ4n) is 4.28. The highest BCUT2D eigenvalue weighted by molar-refractivity contribution is 5.77. The first-order valence-electron chi connectivity index (χ1n) is 10.5. The molecule has 2 aliphatic rings. The first kappa shape index (κ1) is 19.1. The van der Waals surface area contributed by atoms with Crippen molar-refractivity contribution >= 4 is 5.91 Å². The second-order valence-electron chi connectivity index (χ2n) is 8.31. The Morgan fingerprint density at radius 1 is 1.14 bits per heavy atom. The topological polar surface area (TPSA) is 62.5 Å². The van der Waals surface area contributed by atoms with Crippen molar-refractivity contribution in [3.05, 3.63) is 47.6 Å². The molecule has 2 fully saturated rings. The van der Waals surface area contributed by atoms with Gasteiger partial charge in [-0.2, -0.15) is 4.98 Å². The van der Waals surface area contributed by atoms with Crippen LogP contribution in [-0.4, -0.2) is 59.1 Å². The molecular weight excluding hydrogens is 352 g/mol. The third-order valence-corrected chi connectivity index (χ3v) is 6.16. The van der Waals surface area contributed by atoms with Gasteiger partial charge in [0.2, 0.25) is 11.8 Å². The van der Waals surface area contributed by atoms with Gasteiger partial charge in [0.1, 0.15) is 0 Å². The molecule has 0 radical (unpaired) electrons. The van der Waals surface area contributed by atoms with Crippen LogP contribution in [0.4, 0.5) is 0 Å². The van der Waals surface area contributed by atoms with Gasteiger partial charge in [0.25, 0.3) is 0 Å². The molecule has 2 aliphatic heterocycles. The fourth-order valence-corrected chi connectivity index (χ4v) is 4.28. The van der Waals surface area contributed by atoms with E-state index in [-0.39, 0.29) is 11.8 Å². The van der Waals surface area contributed by atoms with Gasteiger partial charge in [-0.25, -0.2) is 0 Å². The van der Waals surface area contributed by atoms with Gasteiger partial charge in [0.15, 0.2) is 5.82 Å². The number of piperidine rings is 2. The number of hydrogen-bond acceptors (Lipinski definition) is 5. The third-order valence-electron chi connectivity index (χ3n) is 6.16. The molecule has 2 saturated heterocycles. The first-order valence-corrected chi connectivity index (χ1v) is 10.5. The summed E-state index contributed by atoms with van der Waals surface area (Å²) in [7, 11) is 2.18. The number of amides is 1. The number of benzene rings is 1. The molecule has 1 atom stereocenters. The van der Waals surface area contributed by atoms with Crippen molar-refractivity contribution in [1.82, 2.24) is 19.9 Å². The zero-order valence-electron chi connectivity index (χ0n) is 16.7. The normalized spacial score (nSPS) is 22.0. The average molecular weight is 383 g/mol. The van der Waals surface area contributed by atoms with Crippen LogP contribution >= 0.6 is 0 Å². The van der Waals surface area contributed by atoms with Gasteiger partial charge in [-0.1, -0.05) is 35.5 Å². The second kappa shape index (κ2) is 8.86. The number of aromatic nitrogens is 2. The largest absolute Gasteiger partial charge is 0.342 e. The molecule has 6 nitrogen and oxygen atoms in total. The van der Waals surface area contributed by atoms with E-state index in [0.717, 1.165) is 44.7 Å². The smallest absolute Gasteiger partial charge is 0.231 e. The van der Waals surface area contributed by atoms with Crippen molar-refractivity contribution in [3.8, 4) is 0 Å². The van der Waals surface area contributed by atoms with Crippen molar-refractivity contribution in [2.75, 3.05) is 33.2 Å². The van der Waals surface area contributed by atoms with Gasteiger partial charge in [0.05, 0.1) is 5.92 Å². The number of nitrogens with zero attached hydrogens (tertiary/aromatic N) is 4. The molecule has 150 valence electrons. The average Bonchev–Trinajstić information content (AvgIpc) is 3.18. The highest BCUT2D eigenvalue weighted by Gasteiger charge is 2.30. The molecular formula is C22H30N4O2. The molecule has 0 saturated carbocycles. The molecule has 0 unspecified atom stereocenters. The van der Waals surface area contributed by atoms with Crippen molar-refractivity contribution < 1.29 is 9.32 Å². The molecule has 3 heterocycles. The zero-order chi connectivity index (χ0) is 19.3. The highest BCUT2D eigenvalue weighted by Crippen LogP contribution is 2.27. The lowest BCUT2D eigenvalue weighted by Crippen LogP contribution is -2.40. The minimum Gasteiger partial charge on any atom is -0.342 e. The van der Waals surface area contributed by atoms with E-state index in [1.807, 2.05) is 23.1 Å². The van der Waals surface area contributed by atoms with Gasteiger partial charge in [-0.15, -0.1) is 0 Å². The Bertz CT molecular complexity index is 768. The molecule has 1 aromatic carbocycles. The molecule has 0 spiro atoms. The number of carbonyl (C=O) groups excluding carboxylic acids is 1. The summed E-state index contributed by atoms with van der Waals surface area (Å²) >= 11 is 0. The van der Waals surface area contributed by atoms with E-state index in [1.54, 1.807) is 0 Å². The third kappa shape index (κ3) is 4.79. The van der Waals surface area contributed by atoms with Gasteiger partial charge in [0, 0.05) is 25.9 Å². The summed E-state index contributed by atoms with van der Waals surface area (Å²) in [6.07, 6.45) is 5.55. The lowest BCUT2D eigenvalue weighted by atomic mass is 9.93. The Morgan fingerprint density at radius 3 is 2.71 bits per heavy atom. The molecule has 1 aromatic heterocycles. The number of rotatable bonds is 6. The monoisotopic (exact) mass is 382 g/mol. The number of hydrogen-bond donors (Lipinski definition) is 0. The van der Waals surface area contributed by atoms with E-state index in [1.165, 1.54) is 18.4 Å². The van der Waals surface area contributed by atoms with E-state index < -0.39 is 0 Å². The van der Waals surface area contributed by atoms with Crippen LogP contribution in [0.25, 0.3) is 0 Å². The summed E-state index contributed by atoms with van der Waals surface area (Å²) in [5, 5.41) is 4.24. The van der Waals surface area contributed by atoms with E-state index in [9.17, 15) is 4.79 Å². The Morgan fingerprint density at radius 2 is 1.93 bits per heavy atom. The molecule has 4 rings (SSSR count). The molecule has 0 N–H and O–H groups in total. The van der Waals surface area contributed by atoms with Crippen molar-refractivity contribution in [3.63, 3.8) is 0 Å². The molecule has 0 aliphatic carbocycles. The minimum atomic E-state index is 0.159. The van der Waals surface area contributed by atoms with Crippen LogP contribution in [0.2, 0.25) is 0 Å². The van der Waals surface area contributed by atoms with E-state index in [2.05, 4.69) is 29.2 Å². The van der Waals surface area contributed by atoms with Crippen molar-refractivity contribution in [2.45, 2.75) is 44.4 Å². The minimum absolute atomic E-state index is 0.159. The second-order valence-corrected chi connectivity index (χ2v) is 8.31. The predicted octanol–water partition coefficient (Wildman–Crippen LogP) is 2.90. The molecule has 1 amide bonds. The van der Waals surface area contributed by atoms with Gasteiger partial charge < -0.3 is 14.3 Å². The maximum Gasteiger partial charge on any atom is 0.231 e. The Hall–Kier alpha value is -2.21. The summed E-state index contributed by atoms with van der Waals surface area (Å²) in [5.41, 5.74) is 1.26. The Kier molecular flexibility index (Phi) is 6.05. The van der Waals surface area contributed by atoms with Crippen LogP contribution < -0.4 is 0 Å². The van der Waals surface area contributed by atoms with Crippen LogP contribution in [0.15, 0.2) is 34.9 Å². The van der Waals surface area contributed by atoms with Gasteiger partial charge in [-0.3, -0.25) is 4.79 Å². The van der Waals surface area contributed by atoms with Crippen LogP contribution in [0.3, 0.4) is 0 Å². The predicted molar refractivity (Wildman–Crippen MR) is 107 cm³/mol. The summed E-state index contributed by atoms with van der Waals surface area (Å²) < 4.78 is 5.60. The fraction of sp³-hybridized carbons (Fsp3) is 0.591. The Labute approximate surface area is 166 Å². The number of likely N-dealkylation sites (tertiary alicyclic amines) is 2. The Balaban J connectivity index is 1.32. The molecule has 0 bridgehead atoms. The van der Waals surface area contributed by atoms with E-state index in [0.29, 0.717) is 24.8 Å². The maximum atomic E-state index is 12.3. The van der Waals surface area contributed by atoms with E-state index in [4.69, 9.17) is 9.51 Å². The lowest BCUT2D eigenvalue weighted by Gasteiger charge is -2.31. The maximum absolute atomic E-state index is 12.3. The first-order chi connectivity index (χ1) is 13.7. The number of carbonyl (C=O) groups is 1. The zero-order valence-corrected chi connectivity index (χ0v) is 16.7. The summed E-state index contributed by atoms with van der Waals surface area (Å²) in [4.78, 5) is 21.4. The highest BCUT2D eigenvalue weighted by atomic mass is 16.5. The van der Waals surface area contributed by atoms with Gasteiger partial charge in [-0.05, 0) is 57.3 Å². The SMILES string of the molecule is CN1CCC(Cc2noc([C@H]3CCC(=O)N(CCc4ccccc4)C3)n2)CC1. The molecule has 2 aromatic rings. The summed E-state index contributed by atoms with van der Waals surface area (Å²) in [6.45, 7) is 3.73.